The summed E-state index contributed by atoms with van der Waals surface area (Å²) in [6.07, 6.45) is 3.34. The summed E-state index contributed by atoms with van der Waals surface area (Å²) < 4.78 is 5.31. The van der Waals surface area contributed by atoms with Crippen molar-refractivity contribution in [3.63, 3.8) is 0 Å². The second-order valence-electron chi connectivity index (χ2n) is 3.19. The number of oxazole rings is 1. The number of nitrogens with one attached hydrogen (secondary N) is 1. The molecular formula is C10H12N4O. The minimum absolute atomic E-state index is 0.489. The smallest absolute Gasteiger partial charge is 0.213 e. The van der Waals surface area contributed by atoms with Gasteiger partial charge in [0.2, 0.25) is 5.89 Å². The summed E-state index contributed by atoms with van der Waals surface area (Å²) in [5, 5.41) is 3.14. The molecule has 0 bridgehead atoms. The molecule has 0 saturated carbocycles. The zero-order valence-electron chi connectivity index (χ0n) is 8.40. The number of nitrogens with two attached hydrogens (primary N) is 1. The average Bonchev–Trinajstić information content (AvgIpc) is 2.62. The van der Waals surface area contributed by atoms with Gasteiger partial charge in [-0.15, -0.1) is 0 Å². The van der Waals surface area contributed by atoms with Crippen LogP contribution in [0.15, 0.2) is 28.9 Å². The monoisotopic (exact) mass is 204 g/mol. The van der Waals surface area contributed by atoms with Crippen LogP contribution in [0, 0.1) is 6.92 Å². The van der Waals surface area contributed by atoms with E-state index in [1.54, 1.807) is 18.5 Å². The predicted octanol–water partition coefficient (Wildman–Crippen LogP) is 1.57. The molecule has 0 radical (unpaired) electrons. The fourth-order valence-electron chi connectivity index (χ4n) is 1.22. The molecule has 2 heterocycles. The number of pyridine rings is 1. The van der Waals surface area contributed by atoms with Crippen molar-refractivity contribution in [1.82, 2.24) is 9.97 Å². The topological polar surface area (TPSA) is 77.0 Å². The van der Waals surface area contributed by atoms with Crippen LogP contribution in [-0.4, -0.2) is 9.97 Å². The van der Waals surface area contributed by atoms with Gasteiger partial charge >= 0.3 is 0 Å². The van der Waals surface area contributed by atoms with Gasteiger partial charge in [-0.1, -0.05) is 0 Å². The van der Waals surface area contributed by atoms with Crippen LogP contribution in [0.2, 0.25) is 0 Å². The molecule has 2 rings (SSSR count). The molecule has 15 heavy (non-hydrogen) atoms. The van der Waals surface area contributed by atoms with E-state index in [0.717, 1.165) is 11.4 Å². The molecule has 0 fully saturated rings. The minimum Gasteiger partial charge on any atom is -0.444 e. The first-order valence-electron chi connectivity index (χ1n) is 4.61. The lowest BCUT2D eigenvalue weighted by molar-refractivity contribution is 0.479. The molecule has 0 atom stereocenters. The number of anilines is 2. The van der Waals surface area contributed by atoms with Crippen LogP contribution < -0.4 is 11.1 Å². The number of nitrogens with zero attached hydrogens (tertiary/aromatic N) is 2. The van der Waals surface area contributed by atoms with Crippen molar-refractivity contribution in [2.24, 2.45) is 0 Å². The van der Waals surface area contributed by atoms with Crippen molar-refractivity contribution in [3.05, 3.63) is 36.2 Å². The Balaban J connectivity index is 1.99. The zero-order chi connectivity index (χ0) is 10.7. The van der Waals surface area contributed by atoms with Crippen LogP contribution in [0.4, 0.5) is 11.5 Å². The minimum atomic E-state index is 0.489. The number of hydrogen-bond acceptors (Lipinski definition) is 5. The maximum absolute atomic E-state index is 5.54. The lowest BCUT2D eigenvalue weighted by Gasteiger charge is -2.03. The highest BCUT2D eigenvalue weighted by molar-refractivity contribution is 5.49. The van der Waals surface area contributed by atoms with Crippen LogP contribution in [-0.2, 0) is 6.54 Å². The summed E-state index contributed by atoms with van der Waals surface area (Å²) in [5.74, 6) is 1.95. The first kappa shape index (κ1) is 9.51. The summed E-state index contributed by atoms with van der Waals surface area (Å²) in [6, 6.07) is 3.60. The third-order valence-electron chi connectivity index (χ3n) is 1.89. The van der Waals surface area contributed by atoms with Crippen molar-refractivity contribution in [2.75, 3.05) is 11.1 Å². The van der Waals surface area contributed by atoms with E-state index in [1.807, 2.05) is 13.0 Å². The molecule has 0 aliphatic carbocycles. The Hall–Kier alpha value is -2.04. The number of aromatic nitrogens is 2. The highest BCUT2D eigenvalue weighted by Crippen LogP contribution is 2.10. The summed E-state index contributed by atoms with van der Waals surface area (Å²) in [7, 11) is 0. The molecule has 78 valence electrons. The van der Waals surface area contributed by atoms with Gasteiger partial charge in [0.05, 0.1) is 12.7 Å². The molecule has 0 amide bonds. The summed E-state index contributed by atoms with van der Waals surface area (Å²) >= 11 is 0. The van der Waals surface area contributed by atoms with Crippen LogP contribution in [0.25, 0.3) is 0 Å². The number of rotatable bonds is 3. The Kier molecular flexibility index (Phi) is 2.53. The van der Waals surface area contributed by atoms with Crippen molar-refractivity contribution in [1.29, 1.82) is 0 Å². The molecule has 2 aromatic rings. The van der Waals surface area contributed by atoms with Gasteiger partial charge in [0.1, 0.15) is 11.6 Å². The maximum atomic E-state index is 5.54. The predicted molar refractivity (Wildman–Crippen MR) is 57.2 cm³/mol. The fourth-order valence-corrected chi connectivity index (χ4v) is 1.22. The second-order valence-corrected chi connectivity index (χ2v) is 3.19. The van der Waals surface area contributed by atoms with E-state index in [2.05, 4.69) is 15.3 Å². The SMILES string of the molecule is Cc1cnc(CNc2ccnc(N)c2)o1. The fraction of sp³-hybridized carbons (Fsp3) is 0.200. The molecule has 2 aromatic heterocycles. The van der Waals surface area contributed by atoms with E-state index in [1.165, 1.54) is 0 Å². The van der Waals surface area contributed by atoms with Crippen LogP contribution in [0.3, 0.4) is 0 Å². The van der Waals surface area contributed by atoms with Gasteiger partial charge in [-0.2, -0.15) is 0 Å². The highest BCUT2D eigenvalue weighted by atomic mass is 16.4. The van der Waals surface area contributed by atoms with Gasteiger partial charge in [-0.3, -0.25) is 0 Å². The van der Waals surface area contributed by atoms with E-state index < -0.39 is 0 Å². The van der Waals surface area contributed by atoms with Gasteiger partial charge in [0.25, 0.3) is 0 Å². The molecule has 0 aromatic carbocycles. The summed E-state index contributed by atoms with van der Waals surface area (Å²) in [6.45, 7) is 2.40. The second kappa shape index (κ2) is 4.00. The van der Waals surface area contributed by atoms with Crippen LogP contribution in [0.5, 0.6) is 0 Å². The van der Waals surface area contributed by atoms with E-state index in [9.17, 15) is 0 Å². The first-order chi connectivity index (χ1) is 7.24. The van der Waals surface area contributed by atoms with Gasteiger partial charge in [0.15, 0.2) is 0 Å². The van der Waals surface area contributed by atoms with Crippen molar-refractivity contribution < 1.29 is 4.42 Å². The largest absolute Gasteiger partial charge is 0.444 e. The van der Waals surface area contributed by atoms with Crippen molar-refractivity contribution in [2.45, 2.75) is 13.5 Å². The highest BCUT2D eigenvalue weighted by Gasteiger charge is 2.00. The lowest BCUT2D eigenvalue weighted by atomic mass is 10.4. The van der Waals surface area contributed by atoms with Crippen molar-refractivity contribution >= 4 is 11.5 Å². The lowest BCUT2D eigenvalue weighted by Crippen LogP contribution is -2.00. The first-order valence-corrected chi connectivity index (χ1v) is 4.61. The number of hydrogen-bond donors (Lipinski definition) is 2. The molecular weight excluding hydrogens is 192 g/mol. The van der Waals surface area contributed by atoms with Gasteiger partial charge in [-0.05, 0) is 13.0 Å². The Labute approximate surface area is 87.3 Å². The van der Waals surface area contributed by atoms with E-state index >= 15 is 0 Å². The Morgan fingerprint density at radius 3 is 3.00 bits per heavy atom. The summed E-state index contributed by atoms with van der Waals surface area (Å²) in [5.41, 5.74) is 6.44. The standard InChI is InChI=1S/C10H12N4O/c1-7-5-14-10(15-7)6-13-8-2-3-12-9(11)4-8/h2-5H,6H2,1H3,(H3,11,12,13). The van der Waals surface area contributed by atoms with E-state index in [-0.39, 0.29) is 0 Å². The summed E-state index contributed by atoms with van der Waals surface area (Å²) in [4.78, 5) is 7.97. The number of nitrogen functional groups attached to an aromatic ring is 1. The molecule has 0 aliphatic rings. The normalized spacial score (nSPS) is 10.2. The quantitative estimate of drug-likeness (QED) is 0.793. The molecule has 0 unspecified atom stereocenters. The van der Waals surface area contributed by atoms with E-state index in [0.29, 0.717) is 18.3 Å². The average molecular weight is 204 g/mol. The van der Waals surface area contributed by atoms with Crippen LogP contribution in [0.1, 0.15) is 11.7 Å². The van der Waals surface area contributed by atoms with Crippen LogP contribution >= 0.6 is 0 Å². The molecule has 0 saturated heterocycles. The third-order valence-corrected chi connectivity index (χ3v) is 1.89. The van der Waals surface area contributed by atoms with E-state index in [4.69, 9.17) is 10.2 Å². The zero-order valence-corrected chi connectivity index (χ0v) is 8.40. The van der Waals surface area contributed by atoms with Crippen molar-refractivity contribution in [3.8, 4) is 0 Å². The Morgan fingerprint density at radius 1 is 1.47 bits per heavy atom. The molecule has 5 heteroatoms. The molecule has 5 nitrogen and oxygen atoms in total. The number of aryl methyl sites for hydroxylation is 1. The van der Waals surface area contributed by atoms with Gasteiger partial charge in [-0.25, -0.2) is 9.97 Å². The maximum Gasteiger partial charge on any atom is 0.213 e. The van der Waals surface area contributed by atoms with Gasteiger partial charge in [0, 0.05) is 18.0 Å². The Morgan fingerprint density at radius 2 is 2.33 bits per heavy atom. The molecule has 0 spiro atoms. The third kappa shape index (κ3) is 2.46. The molecule has 0 aliphatic heterocycles. The Bertz CT molecular complexity index is 452. The molecule has 3 N–H and O–H groups in total. The van der Waals surface area contributed by atoms with Gasteiger partial charge < -0.3 is 15.5 Å².